The first kappa shape index (κ1) is 68.6. The van der Waals surface area contributed by atoms with Gasteiger partial charge in [-0.3, -0.25) is 53.0 Å². The fourth-order valence-electron chi connectivity index (χ4n) is 10.8. The maximum absolute atomic E-state index is 14.1. The monoisotopic (exact) mass is 1160 g/mol. The predicted molar refractivity (Wildman–Crippen MR) is 313 cm³/mol. The van der Waals surface area contributed by atoms with Gasteiger partial charge in [-0.2, -0.15) is 0 Å². The summed E-state index contributed by atoms with van der Waals surface area (Å²) in [6.45, 7) is 14.9. The third kappa shape index (κ3) is 20.7. The Balaban J connectivity index is 1.22. The molecule has 0 saturated carbocycles. The van der Waals surface area contributed by atoms with Gasteiger partial charge in [-0.1, -0.05) is 111 Å². The number of anilines is 1. The summed E-state index contributed by atoms with van der Waals surface area (Å²) in [5, 5.41) is 13.7. The van der Waals surface area contributed by atoms with Crippen LogP contribution in [-0.4, -0.2) is 176 Å². The summed E-state index contributed by atoms with van der Waals surface area (Å²) in [7, 11) is 6.11. The lowest BCUT2D eigenvalue weighted by atomic mass is 9.90. The Morgan fingerprint density at radius 1 is 0.747 bits per heavy atom. The van der Waals surface area contributed by atoms with E-state index in [4.69, 9.17) is 14.2 Å². The fraction of sp³-hybridized carbons (Fsp3) is 0.639. The van der Waals surface area contributed by atoms with Crippen LogP contribution >= 0.6 is 0 Å². The van der Waals surface area contributed by atoms with E-state index in [0.29, 0.717) is 69.4 Å². The number of nitrogens with zero attached hydrogens (tertiary/aromatic N) is 4. The van der Waals surface area contributed by atoms with Crippen LogP contribution in [0.4, 0.5) is 10.5 Å². The van der Waals surface area contributed by atoms with Gasteiger partial charge < -0.3 is 50.6 Å². The van der Waals surface area contributed by atoms with Crippen LogP contribution in [0.1, 0.15) is 131 Å². The lowest BCUT2D eigenvalue weighted by Crippen LogP contribution is -2.55. The zero-order valence-corrected chi connectivity index (χ0v) is 51.0. The van der Waals surface area contributed by atoms with Crippen LogP contribution in [0.15, 0.2) is 54.6 Å². The molecule has 2 aromatic rings. The second kappa shape index (κ2) is 33.4. The Hall–Kier alpha value is -6.94. The molecule has 0 radical (unpaired) electrons. The minimum Gasteiger partial charge on any atom is -0.445 e. The number of hydrogen-bond acceptors (Lipinski definition) is 13. The van der Waals surface area contributed by atoms with Crippen molar-refractivity contribution in [1.82, 2.24) is 40.9 Å². The van der Waals surface area contributed by atoms with Crippen LogP contribution in [0.2, 0.25) is 0 Å². The first-order valence-corrected chi connectivity index (χ1v) is 29.2. The molecule has 7 atom stereocenters. The van der Waals surface area contributed by atoms with Gasteiger partial charge in [-0.05, 0) is 73.1 Å². The average molecular weight is 1160 g/mol. The quantitative estimate of drug-likeness (QED) is 0.0467. The number of benzene rings is 2. The molecular formula is C61H93N9O13. The van der Waals surface area contributed by atoms with Crippen molar-refractivity contribution in [2.75, 3.05) is 66.4 Å². The summed E-state index contributed by atoms with van der Waals surface area (Å²) in [4.78, 5) is 137. The SMILES string of the molecule is CC[C@H](C)[C@@H]([C@@H](CC(=O)N1CCC[C@H]1[C@@H](CC(=O)NCCc1ccccc1)OC)OC)N(C)C(=O)CNC(=O)C(C(C)C)N(C)C(=O)OCc1ccc(NC(=O)CNC(=O)C(NC(=O)CCCCCN2C(=O)CC(C)(C)C2=O)C(C)C)cc1. The van der Waals surface area contributed by atoms with E-state index in [0.717, 1.165) is 12.0 Å². The summed E-state index contributed by atoms with van der Waals surface area (Å²) >= 11 is 0. The highest BCUT2D eigenvalue weighted by molar-refractivity contribution is 6.05. The van der Waals surface area contributed by atoms with Gasteiger partial charge in [0.15, 0.2) is 0 Å². The Labute approximate surface area is 490 Å². The van der Waals surface area contributed by atoms with Crippen molar-refractivity contribution in [1.29, 1.82) is 0 Å². The number of likely N-dealkylation sites (tertiary alicyclic amines) is 2. The van der Waals surface area contributed by atoms with Crippen molar-refractivity contribution in [2.24, 2.45) is 23.2 Å². The van der Waals surface area contributed by atoms with Crippen molar-refractivity contribution in [3.8, 4) is 0 Å². The van der Waals surface area contributed by atoms with E-state index in [2.05, 4.69) is 26.6 Å². The molecule has 2 unspecified atom stereocenters. The minimum atomic E-state index is -1.01. The van der Waals surface area contributed by atoms with E-state index in [-0.39, 0.29) is 98.7 Å². The van der Waals surface area contributed by atoms with Crippen LogP contribution in [0.3, 0.4) is 0 Å². The number of amides is 10. The van der Waals surface area contributed by atoms with Crippen molar-refractivity contribution < 1.29 is 62.2 Å². The third-order valence-corrected chi connectivity index (χ3v) is 15.8. The highest BCUT2D eigenvalue weighted by atomic mass is 16.6. The molecule has 2 aliphatic rings. The van der Waals surface area contributed by atoms with Gasteiger partial charge in [0.1, 0.15) is 18.7 Å². The van der Waals surface area contributed by atoms with Gasteiger partial charge in [0, 0.05) is 66.5 Å². The second-order valence-electron chi connectivity index (χ2n) is 23.3. The molecule has 2 aliphatic heterocycles. The first-order valence-electron chi connectivity index (χ1n) is 29.2. The molecule has 22 nitrogen and oxygen atoms in total. The molecule has 0 spiro atoms. The molecule has 5 N–H and O–H groups in total. The number of carbonyl (C=O) groups is 10. The van der Waals surface area contributed by atoms with Gasteiger partial charge in [0.05, 0.1) is 55.6 Å². The molecule has 22 heteroatoms. The van der Waals surface area contributed by atoms with E-state index in [1.807, 2.05) is 44.2 Å². The normalized spacial score (nSPS) is 17.0. The molecule has 2 heterocycles. The van der Waals surface area contributed by atoms with E-state index in [1.54, 1.807) is 84.9 Å². The molecule has 83 heavy (non-hydrogen) atoms. The van der Waals surface area contributed by atoms with Gasteiger partial charge in [0.25, 0.3) is 0 Å². The van der Waals surface area contributed by atoms with E-state index < -0.39 is 65.5 Å². The second-order valence-corrected chi connectivity index (χ2v) is 23.3. The molecule has 10 amide bonds. The number of carbonyl (C=O) groups excluding carboxylic acids is 10. The largest absolute Gasteiger partial charge is 0.445 e. The van der Waals surface area contributed by atoms with Crippen molar-refractivity contribution in [3.63, 3.8) is 0 Å². The zero-order chi connectivity index (χ0) is 61.6. The van der Waals surface area contributed by atoms with Crippen molar-refractivity contribution >= 4 is 64.9 Å². The molecule has 2 aromatic carbocycles. The van der Waals surface area contributed by atoms with E-state index >= 15 is 0 Å². The summed E-state index contributed by atoms with van der Waals surface area (Å²) in [5.74, 6) is -3.83. The number of hydrogen-bond donors (Lipinski definition) is 5. The van der Waals surface area contributed by atoms with Crippen molar-refractivity contribution in [2.45, 2.75) is 169 Å². The van der Waals surface area contributed by atoms with Crippen molar-refractivity contribution in [3.05, 3.63) is 65.7 Å². The number of methoxy groups -OCH3 is 2. The Bertz CT molecular complexity index is 2510. The Kier molecular flexibility index (Phi) is 27.6. The maximum Gasteiger partial charge on any atom is 0.410 e. The molecule has 0 bridgehead atoms. The standard InChI is InChI=1S/C61H93N9O13/c1-13-41(6)56(47(82-12)34-51(74)69-32-20-23-45(69)46(81-11)33-49(72)62-30-29-42-21-16-14-17-22-42)67(9)53(76)37-64-58(78)55(40(4)5)68(10)60(80)83-38-43-25-27-44(28-26-43)65-50(73)36-63-57(77)54(39(2)3)66-48(71)24-18-15-19-31-70-52(75)35-61(7,8)59(70)79/h14,16-17,21-22,25-28,39-41,45-47,54-56H,13,15,18-20,23-24,29-38H2,1-12H3,(H,62,72)(H,63,77)(H,64,78)(H,65,73)(H,66,71)/t41-,45-,46+,47+,54?,55?,56-/m0/s1. The van der Waals surface area contributed by atoms with Gasteiger partial charge in [-0.15, -0.1) is 0 Å². The molecule has 0 aliphatic carbocycles. The number of likely N-dealkylation sites (N-methyl/N-ethyl adjacent to an activating group) is 2. The van der Waals surface area contributed by atoms with Crippen LogP contribution < -0.4 is 26.6 Å². The highest BCUT2D eigenvalue weighted by Gasteiger charge is 2.44. The molecule has 2 fully saturated rings. The van der Waals surface area contributed by atoms with Gasteiger partial charge >= 0.3 is 6.09 Å². The Morgan fingerprint density at radius 3 is 2.02 bits per heavy atom. The molecular weight excluding hydrogens is 1070 g/mol. The lowest BCUT2D eigenvalue weighted by Gasteiger charge is -2.39. The highest BCUT2D eigenvalue weighted by Crippen LogP contribution is 2.32. The molecule has 0 aromatic heterocycles. The number of unbranched alkanes of at least 4 members (excludes halogenated alkanes) is 2. The molecule has 4 rings (SSSR count). The zero-order valence-electron chi connectivity index (χ0n) is 51.0. The summed E-state index contributed by atoms with van der Waals surface area (Å²) < 4.78 is 17.4. The first-order chi connectivity index (χ1) is 39.3. The van der Waals surface area contributed by atoms with E-state index in [9.17, 15) is 47.9 Å². The lowest BCUT2D eigenvalue weighted by molar-refractivity contribution is -0.144. The van der Waals surface area contributed by atoms with Gasteiger partial charge in [0.2, 0.25) is 53.2 Å². The Morgan fingerprint density at radius 2 is 1.42 bits per heavy atom. The maximum atomic E-state index is 14.1. The predicted octanol–water partition coefficient (Wildman–Crippen LogP) is 4.97. The smallest absolute Gasteiger partial charge is 0.410 e. The minimum absolute atomic E-state index is 0.0271. The molecule has 2 saturated heterocycles. The van der Waals surface area contributed by atoms with Crippen LogP contribution in [0.25, 0.3) is 0 Å². The van der Waals surface area contributed by atoms with Crippen LogP contribution in [0.5, 0.6) is 0 Å². The van der Waals surface area contributed by atoms with Crippen LogP contribution in [0, 0.1) is 23.2 Å². The number of imide groups is 1. The fourth-order valence-corrected chi connectivity index (χ4v) is 10.8. The summed E-state index contributed by atoms with van der Waals surface area (Å²) in [6, 6.07) is 13.6. The third-order valence-electron chi connectivity index (χ3n) is 15.8. The number of rotatable bonds is 33. The molecule has 460 valence electrons. The summed E-state index contributed by atoms with van der Waals surface area (Å²) in [6.07, 6.45) is 2.87. The number of ether oxygens (including phenoxy) is 3. The topological polar surface area (TPSA) is 272 Å². The van der Waals surface area contributed by atoms with Crippen LogP contribution in [-0.2, 0) is 70.4 Å². The number of nitrogens with one attached hydrogen (secondary N) is 5. The van der Waals surface area contributed by atoms with Gasteiger partial charge in [-0.25, -0.2) is 4.79 Å². The van der Waals surface area contributed by atoms with E-state index in [1.165, 1.54) is 28.9 Å². The summed E-state index contributed by atoms with van der Waals surface area (Å²) in [5.41, 5.74) is 1.41. The average Bonchev–Trinajstić information content (AvgIpc) is 3.99.